The van der Waals surface area contributed by atoms with Gasteiger partial charge in [0.05, 0.1) is 31.4 Å². The number of Topliss-reactive ketones (excluding diaryl/α,β-unsaturated/α-hetero) is 1. The van der Waals surface area contributed by atoms with Gasteiger partial charge in [0.2, 0.25) is 0 Å². The number of carbonyl (C=O) groups excluding carboxylic acids is 2. The molecule has 0 saturated carbocycles. The Balaban J connectivity index is 2.05. The summed E-state index contributed by atoms with van der Waals surface area (Å²) in [7, 11) is 1.53. The third-order valence-corrected chi connectivity index (χ3v) is 5.33. The summed E-state index contributed by atoms with van der Waals surface area (Å²) in [5.41, 5.74) is 1.17. The molecular weight excluding hydrogens is 422 g/mol. The molecule has 2 aromatic carbocycles. The molecule has 1 aliphatic rings. The predicted octanol–water partition coefficient (Wildman–Crippen LogP) is 4.33. The number of hydrogen-bond donors (Lipinski definition) is 1. The highest BCUT2D eigenvalue weighted by Gasteiger charge is 2.45. The van der Waals surface area contributed by atoms with Crippen molar-refractivity contribution in [2.75, 3.05) is 33.5 Å². The van der Waals surface area contributed by atoms with Gasteiger partial charge in [-0.3, -0.25) is 9.59 Å². The minimum absolute atomic E-state index is 0.0472. The van der Waals surface area contributed by atoms with E-state index in [9.17, 15) is 14.7 Å². The molecule has 0 spiro atoms. The van der Waals surface area contributed by atoms with Gasteiger partial charge in [-0.25, -0.2) is 0 Å². The highest BCUT2D eigenvalue weighted by atomic mass is 16.5. The Kier molecular flexibility index (Phi) is 8.49. The third kappa shape index (κ3) is 5.54. The quantitative estimate of drug-likeness (QED) is 0.310. The molecule has 1 heterocycles. The molecule has 1 atom stereocenters. The van der Waals surface area contributed by atoms with Gasteiger partial charge in [0, 0.05) is 19.2 Å². The standard InChI is InChI=1S/C26H31NO6/c1-4-14-32-20-11-9-18(10-12-20)23-22(25(29)26(30)27(23)13-16-31-3)24(28)19-7-6-8-21(17-19)33-15-5-2/h6-12,17,23,28H,4-5,13-16H2,1-3H3/b24-22-. The minimum atomic E-state index is -0.736. The van der Waals surface area contributed by atoms with Crippen molar-refractivity contribution in [3.63, 3.8) is 0 Å². The Hall–Kier alpha value is -3.32. The van der Waals surface area contributed by atoms with Crippen LogP contribution in [0.5, 0.6) is 11.5 Å². The summed E-state index contributed by atoms with van der Waals surface area (Å²) in [6, 6.07) is 13.4. The van der Waals surface area contributed by atoms with Crippen LogP contribution in [-0.2, 0) is 14.3 Å². The number of aliphatic hydroxyl groups is 1. The number of methoxy groups -OCH3 is 1. The molecule has 1 unspecified atom stereocenters. The third-order valence-electron chi connectivity index (χ3n) is 5.33. The van der Waals surface area contributed by atoms with Crippen molar-refractivity contribution in [3.8, 4) is 11.5 Å². The van der Waals surface area contributed by atoms with Crippen LogP contribution >= 0.6 is 0 Å². The van der Waals surface area contributed by atoms with Crippen molar-refractivity contribution in [1.82, 2.24) is 4.90 Å². The van der Waals surface area contributed by atoms with Crippen LogP contribution in [0.1, 0.15) is 43.9 Å². The Labute approximate surface area is 194 Å². The maximum absolute atomic E-state index is 13.0. The fraction of sp³-hybridized carbons (Fsp3) is 0.385. The zero-order valence-corrected chi connectivity index (χ0v) is 19.4. The van der Waals surface area contributed by atoms with E-state index in [0.717, 1.165) is 12.8 Å². The molecule has 0 bridgehead atoms. The topological polar surface area (TPSA) is 85.3 Å². The number of hydrogen-bond acceptors (Lipinski definition) is 6. The summed E-state index contributed by atoms with van der Waals surface area (Å²) >= 11 is 0. The van der Waals surface area contributed by atoms with Gasteiger partial charge >= 0.3 is 0 Å². The molecule has 0 aliphatic carbocycles. The Morgan fingerprint density at radius 2 is 1.61 bits per heavy atom. The van der Waals surface area contributed by atoms with E-state index in [1.165, 1.54) is 12.0 Å². The highest BCUT2D eigenvalue weighted by molar-refractivity contribution is 6.46. The molecule has 3 rings (SSSR count). The average Bonchev–Trinajstić information content (AvgIpc) is 3.09. The molecule has 1 amide bonds. The van der Waals surface area contributed by atoms with E-state index in [4.69, 9.17) is 14.2 Å². The van der Waals surface area contributed by atoms with E-state index in [-0.39, 0.29) is 24.5 Å². The first kappa shape index (κ1) is 24.3. The minimum Gasteiger partial charge on any atom is -0.507 e. The first-order chi connectivity index (χ1) is 16.0. The highest BCUT2D eigenvalue weighted by Crippen LogP contribution is 2.40. The Morgan fingerprint density at radius 1 is 0.939 bits per heavy atom. The van der Waals surface area contributed by atoms with Gasteiger partial charge in [-0.05, 0) is 42.7 Å². The average molecular weight is 454 g/mol. The second-order valence-electron chi connectivity index (χ2n) is 7.78. The van der Waals surface area contributed by atoms with Crippen LogP contribution < -0.4 is 9.47 Å². The van der Waals surface area contributed by atoms with E-state index in [0.29, 0.717) is 35.8 Å². The number of amides is 1. The number of ether oxygens (including phenoxy) is 3. The fourth-order valence-corrected chi connectivity index (χ4v) is 3.72. The van der Waals surface area contributed by atoms with Crippen molar-refractivity contribution in [2.45, 2.75) is 32.7 Å². The maximum atomic E-state index is 13.0. The molecule has 1 fully saturated rings. The van der Waals surface area contributed by atoms with Gasteiger partial charge in [-0.15, -0.1) is 0 Å². The second-order valence-corrected chi connectivity index (χ2v) is 7.78. The molecular formula is C26H31NO6. The molecule has 1 saturated heterocycles. The Morgan fingerprint density at radius 3 is 2.24 bits per heavy atom. The smallest absolute Gasteiger partial charge is 0.295 e. The van der Waals surface area contributed by atoms with Gasteiger partial charge in [-0.1, -0.05) is 38.1 Å². The van der Waals surface area contributed by atoms with Crippen LogP contribution in [0.3, 0.4) is 0 Å². The van der Waals surface area contributed by atoms with Crippen LogP contribution in [0, 0.1) is 0 Å². The molecule has 7 nitrogen and oxygen atoms in total. The lowest BCUT2D eigenvalue weighted by molar-refractivity contribution is -0.140. The van der Waals surface area contributed by atoms with Gasteiger partial charge in [0.25, 0.3) is 11.7 Å². The van der Waals surface area contributed by atoms with Crippen molar-refractivity contribution in [3.05, 3.63) is 65.2 Å². The van der Waals surface area contributed by atoms with Gasteiger partial charge in [0.1, 0.15) is 17.3 Å². The monoisotopic (exact) mass is 453 g/mol. The van der Waals surface area contributed by atoms with E-state index in [1.54, 1.807) is 36.4 Å². The molecule has 1 aliphatic heterocycles. The van der Waals surface area contributed by atoms with Crippen LogP contribution in [0.4, 0.5) is 0 Å². The van der Waals surface area contributed by atoms with Gasteiger partial charge in [0.15, 0.2) is 0 Å². The van der Waals surface area contributed by atoms with Gasteiger partial charge < -0.3 is 24.2 Å². The van der Waals surface area contributed by atoms with Crippen molar-refractivity contribution >= 4 is 17.4 Å². The first-order valence-corrected chi connectivity index (χ1v) is 11.2. The molecule has 0 radical (unpaired) electrons. The number of benzene rings is 2. The van der Waals surface area contributed by atoms with Crippen LogP contribution in [0.25, 0.3) is 5.76 Å². The summed E-state index contributed by atoms with van der Waals surface area (Å²) in [6.07, 6.45) is 1.73. The van der Waals surface area contributed by atoms with Crippen molar-refractivity contribution in [1.29, 1.82) is 0 Å². The van der Waals surface area contributed by atoms with E-state index >= 15 is 0 Å². The van der Waals surface area contributed by atoms with Crippen molar-refractivity contribution < 1.29 is 28.9 Å². The number of carbonyl (C=O) groups is 2. The molecule has 0 aromatic heterocycles. The largest absolute Gasteiger partial charge is 0.507 e. The van der Waals surface area contributed by atoms with Gasteiger partial charge in [-0.2, -0.15) is 0 Å². The first-order valence-electron chi connectivity index (χ1n) is 11.2. The number of aliphatic hydroxyl groups excluding tert-OH is 1. The van der Waals surface area contributed by atoms with E-state index in [1.807, 2.05) is 26.0 Å². The summed E-state index contributed by atoms with van der Waals surface area (Å²) in [5, 5.41) is 11.2. The summed E-state index contributed by atoms with van der Waals surface area (Å²) in [6.45, 7) is 5.65. The number of nitrogens with zero attached hydrogens (tertiary/aromatic N) is 1. The zero-order chi connectivity index (χ0) is 23.8. The lowest BCUT2D eigenvalue weighted by atomic mass is 9.95. The number of rotatable bonds is 11. The molecule has 176 valence electrons. The number of ketones is 1. The number of likely N-dealkylation sites (tertiary alicyclic amines) is 1. The molecule has 1 N–H and O–H groups in total. The molecule has 7 heteroatoms. The lowest BCUT2D eigenvalue weighted by Gasteiger charge is -2.25. The van der Waals surface area contributed by atoms with Crippen LogP contribution in [0.2, 0.25) is 0 Å². The second kappa shape index (κ2) is 11.5. The SMILES string of the molecule is CCCOc1ccc(C2/C(=C(/O)c3cccc(OCCC)c3)C(=O)C(=O)N2CCOC)cc1. The molecule has 2 aromatic rings. The maximum Gasteiger partial charge on any atom is 0.295 e. The fourth-order valence-electron chi connectivity index (χ4n) is 3.72. The summed E-state index contributed by atoms with van der Waals surface area (Å²) in [4.78, 5) is 27.4. The summed E-state index contributed by atoms with van der Waals surface area (Å²) < 4.78 is 16.5. The zero-order valence-electron chi connectivity index (χ0n) is 19.4. The predicted molar refractivity (Wildman–Crippen MR) is 125 cm³/mol. The normalized spacial score (nSPS) is 17.4. The molecule has 33 heavy (non-hydrogen) atoms. The van der Waals surface area contributed by atoms with Crippen molar-refractivity contribution in [2.24, 2.45) is 0 Å². The lowest BCUT2D eigenvalue weighted by Crippen LogP contribution is -2.32. The Bertz CT molecular complexity index is 998. The van der Waals surface area contributed by atoms with E-state index in [2.05, 4.69) is 0 Å². The summed E-state index contributed by atoms with van der Waals surface area (Å²) in [5.74, 6) is -0.326. The van der Waals surface area contributed by atoms with Crippen LogP contribution in [0.15, 0.2) is 54.1 Å². The van der Waals surface area contributed by atoms with E-state index < -0.39 is 17.7 Å². The van der Waals surface area contributed by atoms with Crippen LogP contribution in [-0.4, -0.2) is 55.2 Å².